The Hall–Kier alpha value is -2.21. The van der Waals surface area contributed by atoms with Crippen molar-refractivity contribution in [3.8, 4) is 0 Å². The highest BCUT2D eigenvalue weighted by molar-refractivity contribution is 5.89. The summed E-state index contributed by atoms with van der Waals surface area (Å²) in [5.74, 6) is -0.342. The molecule has 2 bridgehead atoms. The van der Waals surface area contributed by atoms with E-state index in [-0.39, 0.29) is 30.3 Å². The number of hydroxylamine groups is 2. The van der Waals surface area contributed by atoms with Crippen LogP contribution in [0.15, 0.2) is 60.7 Å². The van der Waals surface area contributed by atoms with E-state index < -0.39 is 0 Å². The maximum atomic E-state index is 12.5. The van der Waals surface area contributed by atoms with Gasteiger partial charge < -0.3 is 14.7 Å². The number of benzene rings is 2. The molecule has 4 rings (SSSR count). The van der Waals surface area contributed by atoms with Gasteiger partial charge in [-0.3, -0.25) is 0 Å². The first-order valence-corrected chi connectivity index (χ1v) is 9.58. The van der Waals surface area contributed by atoms with Crippen molar-refractivity contribution in [2.45, 2.75) is 56.6 Å². The zero-order valence-electron chi connectivity index (χ0n) is 15.2. The van der Waals surface area contributed by atoms with E-state index in [0.29, 0.717) is 25.0 Å². The van der Waals surface area contributed by atoms with Gasteiger partial charge in [0, 0.05) is 0 Å². The Morgan fingerprint density at radius 3 is 2.15 bits per heavy atom. The molecular weight excluding hydrogens is 342 g/mol. The third-order valence-corrected chi connectivity index (χ3v) is 5.40. The van der Waals surface area contributed by atoms with Gasteiger partial charge in [0.2, 0.25) is 0 Å². The zero-order chi connectivity index (χ0) is 18.6. The fraction of sp³-hybridized carbons (Fsp3) is 0.409. The first-order valence-electron chi connectivity index (χ1n) is 9.58. The Kier molecular flexibility index (Phi) is 5.53. The summed E-state index contributed by atoms with van der Waals surface area (Å²) in [5, 5.41) is 12.0. The number of rotatable bonds is 5. The fourth-order valence-corrected chi connectivity index (χ4v) is 4.13. The lowest BCUT2D eigenvalue weighted by Crippen LogP contribution is -2.57. The monoisotopic (exact) mass is 367 g/mol. The van der Waals surface area contributed by atoms with Crippen LogP contribution in [0.4, 0.5) is 0 Å². The van der Waals surface area contributed by atoms with Gasteiger partial charge in [0.1, 0.15) is 0 Å². The molecule has 5 heteroatoms. The fourth-order valence-electron chi connectivity index (χ4n) is 4.13. The van der Waals surface area contributed by atoms with Crippen LogP contribution in [-0.4, -0.2) is 40.4 Å². The molecule has 0 radical (unpaired) electrons. The van der Waals surface area contributed by atoms with Crippen molar-refractivity contribution in [2.75, 3.05) is 0 Å². The second kappa shape index (κ2) is 8.21. The minimum atomic E-state index is -0.346. The minimum absolute atomic E-state index is 0.0130. The zero-order valence-corrected chi connectivity index (χ0v) is 15.2. The second-order valence-electron chi connectivity index (χ2n) is 7.43. The highest BCUT2D eigenvalue weighted by Crippen LogP contribution is 2.36. The standard InChI is InChI=1S/C22H25NO4/c24-20-11-18-13-21(26-15-16-7-3-1-4-8-16)14-19(12-20)23(18)27-22(25)17-9-5-2-6-10-17/h1-10,18-21,24H,11-15H2. The molecule has 0 aliphatic carbocycles. The molecule has 0 spiro atoms. The minimum Gasteiger partial charge on any atom is -0.393 e. The molecule has 0 saturated carbocycles. The van der Waals surface area contributed by atoms with Gasteiger partial charge in [0.25, 0.3) is 0 Å². The van der Waals surface area contributed by atoms with Crippen molar-refractivity contribution in [3.05, 3.63) is 71.8 Å². The summed E-state index contributed by atoms with van der Waals surface area (Å²) in [4.78, 5) is 18.2. The predicted octanol–water partition coefficient (Wildman–Crippen LogP) is 3.33. The summed E-state index contributed by atoms with van der Waals surface area (Å²) in [7, 11) is 0. The molecule has 1 N–H and O–H groups in total. The van der Waals surface area contributed by atoms with E-state index in [2.05, 4.69) is 12.1 Å². The average molecular weight is 367 g/mol. The van der Waals surface area contributed by atoms with Crippen LogP contribution in [0.2, 0.25) is 0 Å². The molecular formula is C22H25NO4. The van der Waals surface area contributed by atoms with Crippen molar-refractivity contribution in [1.29, 1.82) is 0 Å². The second-order valence-corrected chi connectivity index (χ2v) is 7.43. The summed E-state index contributed by atoms with van der Waals surface area (Å²) in [6.07, 6.45) is 2.47. The van der Waals surface area contributed by atoms with E-state index in [4.69, 9.17) is 9.57 Å². The van der Waals surface area contributed by atoms with Gasteiger partial charge in [-0.05, 0) is 43.4 Å². The molecule has 27 heavy (non-hydrogen) atoms. The number of piperidine rings is 2. The van der Waals surface area contributed by atoms with Gasteiger partial charge in [0.05, 0.1) is 36.5 Å². The van der Waals surface area contributed by atoms with E-state index in [1.165, 1.54) is 0 Å². The lowest BCUT2D eigenvalue weighted by molar-refractivity contribution is -0.230. The maximum absolute atomic E-state index is 12.5. The Labute approximate surface area is 159 Å². The Bertz CT molecular complexity index is 735. The number of carbonyl (C=O) groups is 1. The Morgan fingerprint density at radius 2 is 1.52 bits per heavy atom. The molecule has 5 nitrogen and oxygen atoms in total. The molecule has 2 aromatic rings. The quantitative estimate of drug-likeness (QED) is 0.878. The largest absolute Gasteiger partial charge is 0.393 e. The third-order valence-electron chi connectivity index (χ3n) is 5.40. The van der Waals surface area contributed by atoms with Crippen molar-refractivity contribution in [1.82, 2.24) is 5.06 Å². The number of nitrogens with zero attached hydrogens (tertiary/aromatic N) is 1. The third kappa shape index (κ3) is 4.38. The van der Waals surface area contributed by atoms with Crippen LogP contribution >= 0.6 is 0 Å². The van der Waals surface area contributed by atoms with Gasteiger partial charge >= 0.3 is 5.97 Å². The van der Waals surface area contributed by atoms with Crippen molar-refractivity contribution < 1.29 is 19.5 Å². The highest BCUT2D eigenvalue weighted by atomic mass is 16.7. The summed E-state index contributed by atoms with van der Waals surface area (Å²) in [6, 6.07) is 19.1. The molecule has 2 aliphatic heterocycles. The molecule has 2 saturated heterocycles. The topological polar surface area (TPSA) is 59.0 Å². The normalized spacial score (nSPS) is 27.9. The van der Waals surface area contributed by atoms with E-state index in [0.717, 1.165) is 18.4 Å². The average Bonchev–Trinajstić information content (AvgIpc) is 2.68. The Morgan fingerprint density at radius 1 is 0.926 bits per heavy atom. The summed E-state index contributed by atoms with van der Waals surface area (Å²) >= 11 is 0. The lowest BCUT2D eigenvalue weighted by Gasteiger charge is -2.47. The van der Waals surface area contributed by atoms with Gasteiger partial charge in [0.15, 0.2) is 0 Å². The molecule has 2 atom stereocenters. The van der Waals surface area contributed by atoms with Crippen LogP contribution in [0.5, 0.6) is 0 Å². The molecule has 2 aromatic carbocycles. The number of ether oxygens (including phenoxy) is 1. The number of fused-ring (bicyclic) bond motifs is 2. The first-order chi connectivity index (χ1) is 13.2. The van der Waals surface area contributed by atoms with Crippen LogP contribution in [0.25, 0.3) is 0 Å². The van der Waals surface area contributed by atoms with Crippen LogP contribution in [-0.2, 0) is 16.2 Å². The molecule has 0 amide bonds. The SMILES string of the molecule is O=C(ON1C2CC(O)CC1CC(OCc1ccccc1)C2)c1ccccc1. The van der Waals surface area contributed by atoms with E-state index in [9.17, 15) is 9.90 Å². The molecule has 2 unspecified atom stereocenters. The number of aliphatic hydroxyl groups is 1. The number of hydrogen-bond donors (Lipinski definition) is 1. The molecule has 0 aromatic heterocycles. The lowest BCUT2D eigenvalue weighted by atomic mass is 9.83. The number of hydrogen-bond acceptors (Lipinski definition) is 5. The highest BCUT2D eigenvalue weighted by Gasteiger charge is 2.44. The summed E-state index contributed by atoms with van der Waals surface area (Å²) in [6.45, 7) is 0.581. The van der Waals surface area contributed by atoms with Crippen LogP contribution in [0.1, 0.15) is 41.6 Å². The first kappa shape index (κ1) is 18.2. The van der Waals surface area contributed by atoms with Gasteiger partial charge in [-0.1, -0.05) is 48.5 Å². The number of aliphatic hydroxyl groups excluding tert-OH is 1. The van der Waals surface area contributed by atoms with E-state index >= 15 is 0 Å². The van der Waals surface area contributed by atoms with Crippen molar-refractivity contribution in [3.63, 3.8) is 0 Å². The molecule has 2 fully saturated rings. The van der Waals surface area contributed by atoms with E-state index in [1.807, 2.05) is 41.5 Å². The van der Waals surface area contributed by atoms with Gasteiger partial charge in [-0.15, -0.1) is 5.06 Å². The molecule has 142 valence electrons. The Balaban J connectivity index is 1.39. The maximum Gasteiger partial charge on any atom is 0.357 e. The van der Waals surface area contributed by atoms with Gasteiger partial charge in [-0.25, -0.2) is 4.79 Å². The van der Waals surface area contributed by atoms with Crippen molar-refractivity contribution >= 4 is 5.97 Å². The van der Waals surface area contributed by atoms with Crippen LogP contribution < -0.4 is 0 Å². The number of carbonyl (C=O) groups excluding carboxylic acids is 1. The smallest absolute Gasteiger partial charge is 0.357 e. The van der Waals surface area contributed by atoms with Crippen LogP contribution in [0, 0.1) is 0 Å². The van der Waals surface area contributed by atoms with Crippen molar-refractivity contribution in [2.24, 2.45) is 0 Å². The molecule has 2 aliphatic rings. The summed E-state index contributed by atoms with van der Waals surface area (Å²) < 4.78 is 6.13. The predicted molar refractivity (Wildman–Crippen MR) is 101 cm³/mol. The van der Waals surface area contributed by atoms with Crippen LogP contribution in [0.3, 0.4) is 0 Å². The van der Waals surface area contributed by atoms with E-state index in [1.54, 1.807) is 12.1 Å². The van der Waals surface area contributed by atoms with Gasteiger partial charge in [-0.2, -0.15) is 0 Å². The summed E-state index contributed by atoms with van der Waals surface area (Å²) in [5.41, 5.74) is 1.69. The molecule has 2 heterocycles.